The first-order valence-electron chi connectivity index (χ1n) is 6.34. The van der Waals surface area contributed by atoms with Crippen molar-refractivity contribution in [2.75, 3.05) is 12.5 Å². The zero-order valence-electron chi connectivity index (χ0n) is 11.6. The third-order valence-corrected chi connectivity index (χ3v) is 3.17. The summed E-state index contributed by atoms with van der Waals surface area (Å²) in [6.07, 6.45) is 1.52. The first-order valence-corrected chi connectivity index (χ1v) is 6.34. The highest BCUT2D eigenvalue weighted by Crippen LogP contribution is 2.12. The van der Waals surface area contributed by atoms with Crippen molar-refractivity contribution >= 4 is 11.7 Å². The third-order valence-electron chi connectivity index (χ3n) is 3.17. The summed E-state index contributed by atoms with van der Waals surface area (Å²) < 4.78 is 0. The SMILES string of the molecule is Cc1ccccc1CN(C)C(=O)c1ccc(NN)nc1. The lowest BCUT2D eigenvalue weighted by atomic mass is 10.1. The zero-order valence-corrected chi connectivity index (χ0v) is 11.6. The monoisotopic (exact) mass is 270 g/mol. The first-order chi connectivity index (χ1) is 9.61. The van der Waals surface area contributed by atoms with Crippen LogP contribution in [0.4, 0.5) is 5.82 Å². The van der Waals surface area contributed by atoms with Gasteiger partial charge in [-0.3, -0.25) is 4.79 Å². The summed E-state index contributed by atoms with van der Waals surface area (Å²) in [5.41, 5.74) is 5.29. The van der Waals surface area contributed by atoms with Crippen molar-refractivity contribution in [2.45, 2.75) is 13.5 Å². The van der Waals surface area contributed by atoms with Crippen molar-refractivity contribution in [1.82, 2.24) is 9.88 Å². The fraction of sp³-hybridized carbons (Fsp3) is 0.200. The van der Waals surface area contributed by atoms with Crippen LogP contribution in [-0.4, -0.2) is 22.8 Å². The number of aromatic nitrogens is 1. The fourth-order valence-electron chi connectivity index (χ4n) is 1.94. The van der Waals surface area contributed by atoms with E-state index in [1.54, 1.807) is 24.1 Å². The molecule has 0 saturated heterocycles. The molecule has 0 spiro atoms. The summed E-state index contributed by atoms with van der Waals surface area (Å²) in [4.78, 5) is 18.0. The number of nitrogens with one attached hydrogen (secondary N) is 1. The molecule has 0 atom stereocenters. The summed E-state index contributed by atoms with van der Waals surface area (Å²) >= 11 is 0. The van der Waals surface area contributed by atoms with E-state index in [1.165, 1.54) is 11.8 Å². The molecule has 1 amide bonds. The highest BCUT2D eigenvalue weighted by Gasteiger charge is 2.13. The second kappa shape index (κ2) is 6.16. The molecule has 0 radical (unpaired) electrons. The molecule has 2 rings (SSSR count). The predicted octanol–water partition coefficient (Wildman–Crippen LogP) is 1.95. The van der Waals surface area contributed by atoms with Gasteiger partial charge in [0.25, 0.3) is 5.91 Å². The average molecular weight is 270 g/mol. The third kappa shape index (κ3) is 3.13. The zero-order chi connectivity index (χ0) is 14.5. The Balaban J connectivity index is 2.10. The van der Waals surface area contributed by atoms with Crippen molar-refractivity contribution in [2.24, 2.45) is 5.84 Å². The number of nitrogens with two attached hydrogens (primary N) is 1. The summed E-state index contributed by atoms with van der Waals surface area (Å²) in [5.74, 6) is 5.71. The minimum atomic E-state index is -0.0654. The number of carbonyl (C=O) groups is 1. The molecule has 5 heteroatoms. The van der Waals surface area contributed by atoms with Gasteiger partial charge in [0, 0.05) is 19.8 Å². The molecule has 5 nitrogen and oxygen atoms in total. The largest absolute Gasteiger partial charge is 0.337 e. The highest BCUT2D eigenvalue weighted by molar-refractivity contribution is 5.93. The van der Waals surface area contributed by atoms with Gasteiger partial charge in [0.15, 0.2) is 0 Å². The number of hydrazine groups is 1. The lowest BCUT2D eigenvalue weighted by Crippen LogP contribution is -2.26. The molecular formula is C15H18N4O. The van der Waals surface area contributed by atoms with Crippen LogP contribution in [0.15, 0.2) is 42.6 Å². The number of aryl methyl sites for hydroxylation is 1. The Morgan fingerprint density at radius 1 is 1.30 bits per heavy atom. The van der Waals surface area contributed by atoms with E-state index >= 15 is 0 Å². The Kier molecular flexibility index (Phi) is 4.32. The topological polar surface area (TPSA) is 71.2 Å². The molecular weight excluding hydrogens is 252 g/mol. The van der Waals surface area contributed by atoms with Gasteiger partial charge in [-0.05, 0) is 30.2 Å². The molecule has 0 fully saturated rings. The van der Waals surface area contributed by atoms with E-state index in [2.05, 4.69) is 10.4 Å². The highest BCUT2D eigenvalue weighted by atomic mass is 16.2. The van der Waals surface area contributed by atoms with Crippen LogP contribution in [0, 0.1) is 6.92 Å². The van der Waals surface area contributed by atoms with Crippen LogP contribution in [0.2, 0.25) is 0 Å². The van der Waals surface area contributed by atoms with Crippen LogP contribution in [0.5, 0.6) is 0 Å². The quantitative estimate of drug-likeness (QED) is 0.658. The Labute approximate surface area is 118 Å². The second-order valence-corrected chi connectivity index (χ2v) is 4.66. The molecule has 0 saturated carbocycles. The summed E-state index contributed by atoms with van der Waals surface area (Å²) in [6.45, 7) is 2.61. The van der Waals surface area contributed by atoms with Gasteiger partial charge in [0.2, 0.25) is 0 Å². The van der Waals surface area contributed by atoms with Gasteiger partial charge >= 0.3 is 0 Å². The fourth-order valence-corrected chi connectivity index (χ4v) is 1.94. The van der Waals surface area contributed by atoms with Gasteiger partial charge in [-0.1, -0.05) is 24.3 Å². The smallest absolute Gasteiger partial charge is 0.255 e. The van der Waals surface area contributed by atoms with Crippen molar-refractivity contribution in [3.05, 3.63) is 59.3 Å². The van der Waals surface area contributed by atoms with E-state index in [9.17, 15) is 4.79 Å². The molecule has 1 aromatic carbocycles. The summed E-state index contributed by atoms with van der Waals surface area (Å²) in [7, 11) is 1.78. The maximum atomic E-state index is 12.3. The second-order valence-electron chi connectivity index (χ2n) is 4.66. The van der Waals surface area contributed by atoms with Crippen molar-refractivity contribution in [1.29, 1.82) is 0 Å². The maximum absolute atomic E-state index is 12.3. The van der Waals surface area contributed by atoms with Crippen molar-refractivity contribution in [3.63, 3.8) is 0 Å². The van der Waals surface area contributed by atoms with E-state index in [-0.39, 0.29) is 5.91 Å². The van der Waals surface area contributed by atoms with E-state index < -0.39 is 0 Å². The molecule has 2 aromatic rings. The number of nitrogen functional groups attached to an aromatic ring is 1. The molecule has 104 valence electrons. The Bertz CT molecular complexity index is 595. The summed E-state index contributed by atoms with van der Waals surface area (Å²) in [6, 6.07) is 11.4. The minimum absolute atomic E-state index is 0.0654. The minimum Gasteiger partial charge on any atom is -0.337 e. The van der Waals surface area contributed by atoms with E-state index in [0.717, 1.165) is 5.56 Å². The van der Waals surface area contributed by atoms with Gasteiger partial charge in [0.05, 0.1) is 5.56 Å². The maximum Gasteiger partial charge on any atom is 0.255 e. The number of amides is 1. The van der Waals surface area contributed by atoms with E-state index in [4.69, 9.17) is 5.84 Å². The normalized spacial score (nSPS) is 10.2. The molecule has 0 bridgehead atoms. The molecule has 0 unspecified atom stereocenters. The van der Waals surface area contributed by atoms with Crippen LogP contribution in [0.3, 0.4) is 0 Å². The molecule has 1 heterocycles. The van der Waals surface area contributed by atoms with Gasteiger partial charge in [-0.25, -0.2) is 10.8 Å². The molecule has 3 N–H and O–H groups in total. The standard InChI is InChI=1S/C15H18N4O/c1-11-5-3-4-6-13(11)10-19(2)15(20)12-7-8-14(18-16)17-9-12/h3-9H,10,16H2,1-2H3,(H,17,18). The first kappa shape index (κ1) is 14.0. The number of anilines is 1. The Morgan fingerprint density at radius 3 is 2.65 bits per heavy atom. The lowest BCUT2D eigenvalue weighted by Gasteiger charge is -2.18. The molecule has 20 heavy (non-hydrogen) atoms. The van der Waals surface area contributed by atoms with E-state index in [0.29, 0.717) is 17.9 Å². The van der Waals surface area contributed by atoms with Crippen molar-refractivity contribution < 1.29 is 4.79 Å². The number of hydrogen-bond donors (Lipinski definition) is 2. The molecule has 0 aliphatic carbocycles. The number of pyridine rings is 1. The van der Waals surface area contributed by atoms with Crippen LogP contribution in [0.25, 0.3) is 0 Å². The molecule has 0 aliphatic heterocycles. The number of nitrogens with zero attached hydrogens (tertiary/aromatic N) is 2. The van der Waals surface area contributed by atoms with Gasteiger partial charge in [-0.2, -0.15) is 0 Å². The average Bonchev–Trinajstić information content (AvgIpc) is 2.49. The van der Waals surface area contributed by atoms with Gasteiger partial charge < -0.3 is 10.3 Å². The van der Waals surface area contributed by atoms with Crippen LogP contribution in [-0.2, 0) is 6.54 Å². The lowest BCUT2D eigenvalue weighted by molar-refractivity contribution is 0.0784. The Hall–Kier alpha value is -2.40. The number of benzene rings is 1. The number of hydrogen-bond acceptors (Lipinski definition) is 4. The van der Waals surface area contributed by atoms with Gasteiger partial charge in [0.1, 0.15) is 5.82 Å². The van der Waals surface area contributed by atoms with Crippen LogP contribution >= 0.6 is 0 Å². The number of rotatable bonds is 4. The number of carbonyl (C=O) groups excluding carboxylic acids is 1. The summed E-state index contributed by atoms with van der Waals surface area (Å²) in [5, 5.41) is 0. The molecule has 0 aliphatic rings. The van der Waals surface area contributed by atoms with Crippen molar-refractivity contribution in [3.8, 4) is 0 Å². The van der Waals surface area contributed by atoms with Gasteiger partial charge in [-0.15, -0.1) is 0 Å². The predicted molar refractivity (Wildman–Crippen MR) is 79.0 cm³/mol. The molecule has 1 aromatic heterocycles. The van der Waals surface area contributed by atoms with E-state index in [1.807, 2.05) is 31.2 Å². The van der Waals surface area contributed by atoms with Crippen LogP contribution < -0.4 is 11.3 Å². The van der Waals surface area contributed by atoms with Crippen LogP contribution in [0.1, 0.15) is 21.5 Å². The Morgan fingerprint density at radius 2 is 2.05 bits per heavy atom.